The maximum absolute atomic E-state index is 13.0. The van der Waals surface area contributed by atoms with E-state index in [-0.39, 0.29) is 0 Å². The highest BCUT2D eigenvalue weighted by Gasteiger charge is 2.16. The summed E-state index contributed by atoms with van der Waals surface area (Å²) in [7, 11) is 0. The Hall–Kier alpha value is -4.06. The molecule has 0 saturated carbocycles. The minimum absolute atomic E-state index is 0.329. The lowest BCUT2D eigenvalue weighted by Gasteiger charge is -2.11. The summed E-state index contributed by atoms with van der Waals surface area (Å²) >= 11 is 0. The fourth-order valence-electron chi connectivity index (χ4n) is 3.16. The SMILES string of the molecule is Cc1ccc(-c2cc(C(=O)OCC(=O)Nc3ccc(F)cc3)c3ccccc3n2)cc1. The van der Waals surface area contributed by atoms with Gasteiger partial charge < -0.3 is 10.1 Å². The molecule has 0 saturated heterocycles. The highest BCUT2D eigenvalue weighted by Crippen LogP contribution is 2.25. The van der Waals surface area contributed by atoms with Gasteiger partial charge in [-0.25, -0.2) is 14.2 Å². The molecule has 4 rings (SSSR count). The van der Waals surface area contributed by atoms with E-state index in [1.165, 1.54) is 24.3 Å². The maximum atomic E-state index is 13.0. The van der Waals surface area contributed by atoms with E-state index in [1.807, 2.05) is 49.4 Å². The molecule has 0 bridgehead atoms. The lowest BCUT2D eigenvalue weighted by molar-refractivity contribution is -0.119. The second-order valence-electron chi connectivity index (χ2n) is 7.07. The highest BCUT2D eigenvalue weighted by molar-refractivity contribution is 6.05. The van der Waals surface area contributed by atoms with Crippen molar-refractivity contribution >= 4 is 28.5 Å². The van der Waals surface area contributed by atoms with Crippen LogP contribution in [0.3, 0.4) is 0 Å². The minimum atomic E-state index is -0.624. The number of aryl methyl sites for hydroxylation is 1. The van der Waals surface area contributed by atoms with Gasteiger partial charge in [-0.2, -0.15) is 0 Å². The van der Waals surface area contributed by atoms with Crippen molar-refractivity contribution < 1.29 is 18.7 Å². The second-order valence-corrected chi connectivity index (χ2v) is 7.07. The molecule has 0 aliphatic carbocycles. The monoisotopic (exact) mass is 414 g/mol. The molecule has 1 aromatic heterocycles. The minimum Gasteiger partial charge on any atom is -0.452 e. The van der Waals surface area contributed by atoms with E-state index in [9.17, 15) is 14.0 Å². The number of carbonyl (C=O) groups is 2. The second kappa shape index (κ2) is 8.75. The number of para-hydroxylation sites is 1. The first-order valence-corrected chi connectivity index (χ1v) is 9.69. The van der Waals surface area contributed by atoms with Gasteiger partial charge in [0.25, 0.3) is 5.91 Å². The van der Waals surface area contributed by atoms with Gasteiger partial charge in [-0.15, -0.1) is 0 Å². The van der Waals surface area contributed by atoms with E-state index in [2.05, 4.69) is 10.3 Å². The van der Waals surface area contributed by atoms with Crippen molar-refractivity contribution in [3.8, 4) is 11.3 Å². The van der Waals surface area contributed by atoms with Crippen LogP contribution in [-0.2, 0) is 9.53 Å². The van der Waals surface area contributed by atoms with Crippen LogP contribution in [0.15, 0.2) is 78.9 Å². The maximum Gasteiger partial charge on any atom is 0.339 e. The zero-order valence-electron chi connectivity index (χ0n) is 16.8. The number of pyridine rings is 1. The summed E-state index contributed by atoms with van der Waals surface area (Å²) < 4.78 is 18.2. The third-order valence-electron chi connectivity index (χ3n) is 4.75. The molecular weight excluding hydrogens is 395 g/mol. The van der Waals surface area contributed by atoms with Crippen molar-refractivity contribution in [3.05, 3.63) is 95.8 Å². The standard InChI is InChI=1S/C25H19FN2O3/c1-16-6-8-17(9-7-16)23-14-21(20-4-2-3-5-22(20)28-23)25(30)31-15-24(29)27-19-12-10-18(26)11-13-19/h2-14H,15H2,1H3,(H,27,29). The summed E-state index contributed by atoms with van der Waals surface area (Å²) in [6.45, 7) is 1.53. The number of halogens is 1. The fourth-order valence-corrected chi connectivity index (χ4v) is 3.16. The molecule has 0 spiro atoms. The normalized spacial score (nSPS) is 10.6. The van der Waals surface area contributed by atoms with E-state index in [0.29, 0.717) is 27.8 Å². The quantitative estimate of drug-likeness (QED) is 0.459. The Morgan fingerprint density at radius 1 is 0.968 bits per heavy atom. The number of esters is 1. The third kappa shape index (κ3) is 4.75. The van der Waals surface area contributed by atoms with Crippen LogP contribution in [0.25, 0.3) is 22.2 Å². The number of aromatic nitrogens is 1. The van der Waals surface area contributed by atoms with Crippen molar-refractivity contribution in [2.24, 2.45) is 0 Å². The Morgan fingerprint density at radius 3 is 2.42 bits per heavy atom. The molecule has 31 heavy (non-hydrogen) atoms. The first-order valence-electron chi connectivity index (χ1n) is 9.69. The number of nitrogens with one attached hydrogen (secondary N) is 1. The molecule has 6 heteroatoms. The highest BCUT2D eigenvalue weighted by atomic mass is 19.1. The Balaban J connectivity index is 1.55. The molecule has 0 unspecified atom stereocenters. The number of benzene rings is 3. The molecule has 0 fully saturated rings. The summed E-state index contributed by atoms with van der Waals surface area (Å²) in [6.07, 6.45) is 0. The van der Waals surface area contributed by atoms with Gasteiger partial charge in [-0.05, 0) is 43.3 Å². The molecule has 1 amide bonds. The Morgan fingerprint density at radius 2 is 1.68 bits per heavy atom. The summed E-state index contributed by atoms with van der Waals surface area (Å²) in [5, 5.41) is 3.20. The average Bonchev–Trinajstić information content (AvgIpc) is 2.79. The molecule has 1 heterocycles. The summed E-state index contributed by atoms with van der Waals surface area (Å²) in [4.78, 5) is 29.6. The number of rotatable bonds is 5. The summed E-state index contributed by atoms with van der Waals surface area (Å²) in [5.74, 6) is -1.54. The molecule has 5 nitrogen and oxygen atoms in total. The summed E-state index contributed by atoms with van der Waals surface area (Å²) in [6, 6.07) is 22.1. The van der Waals surface area contributed by atoms with Gasteiger partial charge in [0.05, 0.1) is 16.8 Å². The van der Waals surface area contributed by atoms with Crippen molar-refractivity contribution in [2.75, 3.05) is 11.9 Å². The van der Waals surface area contributed by atoms with E-state index in [4.69, 9.17) is 4.74 Å². The molecule has 154 valence electrons. The van der Waals surface area contributed by atoms with E-state index >= 15 is 0 Å². The molecule has 0 atom stereocenters. The van der Waals surface area contributed by atoms with Crippen LogP contribution < -0.4 is 5.32 Å². The molecule has 0 aliphatic heterocycles. The number of hydrogen-bond donors (Lipinski definition) is 1. The van der Waals surface area contributed by atoms with E-state index in [0.717, 1.165) is 11.1 Å². The number of hydrogen-bond acceptors (Lipinski definition) is 4. The van der Waals surface area contributed by atoms with E-state index in [1.54, 1.807) is 12.1 Å². The van der Waals surface area contributed by atoms with Gasteiger partial charge in [0.2, 0.25) is 0 Å². The van der Waals surface area contributed by atoms with Crippen LogP contribution in [0.2, 0.25) is 0 Å². The zero-order valence-corrected chi connectivity index (χ0v) is 16.8. The predicted molar refractivity (Wildman–Crippen MR) is 117 cm³/mol. The van der Waals surface area contributed by atoms with Gasteiger partial charge in [-0.3, -0.25) is 4.79 Å². The molecule has 0 aliphatic rings. The Labute approximate surface area is 178 Å². The Kier molecular flexibility index (Phi) is 5.71. The van der Waals surface area contributed by atoms with Crippen molar-refractivity contribution in [2.45, 2.75) is 6.92 Å². The zero-order chi connectivity index (χ0) is 21.8. The first kappa shape index (κ1) is 20.2. The topological polar surface area (TPSA) is 68.3 Å². The van der Waals surface area contributed by atoms with Crippen LogP contribution in [0.1, 0.15) is 15.9 Å². The molecular formula is C25H19FN2O3. The van der Waals surface area contributed by atoms with Gasteiger partial charge in [-0.1, -0.05) is 48.0 Å². The van der Waals surface area contributed by atoms with Crippen LogP contribution in [0, 0.1) is 12.7 Å². The molecule has 4 aromatic rings. The van der Waals surface area contributed by atoms with E-state index < -0.39 is 24.3 Å². The number of fused-ring (bicyclic) bond motifs is 1. The van der Waals surface area contributed by atoms with Crippen LogP contribution in [0.5, 0.6) is 0 Å². The summed E-state index contributed by atoms with van der Waals surface area (Å²) in [5.41, 5.74) is 4.04. The first-order chi connectivity index (χ1) is 15.0. The van der Waals surface area contributed by atoms with Crippen LogP contribution >= 0.6 is 0 Å². The lowest BCUT2D eigenvalue weighted by atomic mass is 10.0. The Bertz CT molecular complexity index is 1250. The predicted octanol–water partition coefficient (Wildman–Crippen LogP) is 5.14. The number of nitrogens with zero attached hydrogens (tertiary/aromatic N) is 1. The molecule has 1 N–H and O–H groups in total. The lowest BCUT2D eigenvalue weighted by Crippen LogP contribution is -2.21. The van der Waals surface area contributed by atoms with Crippen molar-refractivity contribution in [1.29, 1.82) is 0 Å². The fraction of sp³-hybridized carbons (Fsp3) is 0.0800. The van der Waals surface area contributed by atoms with Gasteiger partial charge >= 0.3 is 5.97 Å². The van der Waals surface area contributed by atoms with Gasteiger partial charge in [0.15, 0.2) is 6.61 Å². The number of amides is 1. The molecule has 3 aromatic carbocycles. The number of ether oxygens (including phenoxy) is 1. The van der Waals surface area contributed by atoms with Crippen LogP contribution in [-0.4, -0.2) is 23.5 Å². The van der Waals surface area contributed by atoms with Crippen LogP contribution in [0.4, 0.5) is 10.1 Å². The molecule has 0 radical (unpaired) electrons. The third-order valence-corrected chi connectivity index (χ3v) is 4.75. The number of anilines is 1. The van der Waals surface area contributed by atoms with Gasteiger partial charge in [0.1, 0.15) is 5.82 Å². The van der Waals surface area contributed by atoms with Gasteiger partial charge in [0, 0.05) is 16.6 Å². The van der Waals surface area contributed by atoms with Crippen molar-refractivity contribution in [1.82, 2.24) is 4.98 Å². The smallest absolute Gasteiger partial charge is 0.339 e. The largest absolute Gasteiger partial charge is 0.452 e. The average molecular weight is 414 g/mol. The number of carbonyl (C=O) groups excluding carboxylic acids is 2. The van der Waals surface area contributed by atoms with Crippen molar-refractivity contribution in [3.63, 3.8) is 0 Å².